The number of rotatable bonds is 6. The van der Waals surface area contributed by atoms with Gasteiger partial charge in [-0.15, -0.1) is 0 Å². The van der Waals surface area contributed by atoms with E-state index < -0.39 is 11.7 Å². The summed E-state index contributed by atoms with van der Waals surface area (Å²) in [5.74, 6) is 0.165. The topological polar surface area (TPSA) is 78.8 Å². The Bertz CT molecular complexity index is 560. The van der Waals surface area contributed by atoms with Crippen molar-refractivity contribution < 1.29 is 27.8 Å². The summed E-state index contributed by atoms with van der Waals surface area (Å²) >= 11 is 0. The van der Waals surface area contributed by atoms with Crippen molar-refractivity contribution in [3.8, 4) is 0 Å². The first-order chi connectivity index (χ1) is 11.8. The summed E-state index contributed by atoms with van der Waals surface area (Å²) in [5.41, 5.74) is -0.887. The van der Waals surface area contributed by atoms with Crippen molar-refractivity contribution in [2.24, 2.45) is 0 Å². The van der Waals surface area contributed by atoms with E-state index >= 15 is 0 Å². The Kier molecular flexibility index (Phi) is 6.54. The maximum atomic E-state index is 12.5. The van der Waals surface area contributed by atoms with Gasteiger partial charge < -0.3 is 19.6 Å². The van der Waals surface area contributed by atoms with Crippen LogP contribution in [0.25, 0.3) is 0 Å². The highest BCUT2D eigenvalue weighted by atomic mass is 19.4. The summed E-state index contributed by atoms with van der Waals surface area (Å²) in [4.78, 5) is 23.0. The SMILES string of the molecule is C[C@@H](CO)OCCC(=O)N1CCN(c2ncc(C(F)(F)F)cn2)CC1. The van der Waals surface area contributed by atoms with Gasteiger partial charge in [-0.1, -0.05) is 0 Å². The highest BCUT2D eigenvalue weighted by Gasteiger charge is 2.32. The normalized spacial score (nSPS) is 16.8. The first-order valence-corrected chi connectivity index (χ1v) is 7.95. The Balaban J connectivity index is 1.80. The van der Waals surface area contributed by atoms with Crippen LogP contribution in [-0.4, -0.2) is 71.4 Å². The van der Waals surface area contributed by atoms with Crippen LogP contribution in [0.2, 0.25) is 0 Å². The van der Waals surface area contributed by atoms with E-state index in [0.717, 1.165) is 12.4 Å². The van der Waals surface area contributed by atoms with Crippen LogP contribution in [0, 0.1) is 0 Å². The number of carbonyl (C=O) groups excluding carboxylic acids is 1. The molecule has 1 N–H and O–H groups in total. The average molecular weight is 362 g/mol. The Morgan fingerprint density at radius 1 is 1.28 bits per heavy atom. The fourth-order valence-corrected chi connectivity index (χ4v) is 2.34. The minimum atomic E-state index is -4.46. The standard InChI is InChI=1S/C15H21F3N4O3/c1-11(10-23)25-7-2-13(24)21-3-5-22(6-4-21)14-19-8-12(9-20-14)15(16,17)18/h8-9,11,23H,2-7,10H2,1H3/t11-/m0/s1. The lowest BCUT2D eigenvalue weighted by molar-refractivity contribution is -0.138. The number of alkyl halides is 3. The molecule has 10 heteroatoms. The van der Waals surface area contributed by atoms with Crippen LogP contribution in [0.3, 0.4) is 0 Å². The zero-order valence-corrected chi connectivity index (χ0v) is 13.9. The molecule has 0 unspecified atom stereocenters. The Hall–Kier alpha value is -1.94. The molecule has 0 aromatic carbocycles. The van der Waals surface area contributed by atoms with Gasteiger partial charge in [0.05, 0.1) is 31.3 Å². The van der Waals surface area contributed by atoms with Gasteiger partial charge in [0, 0.05) is 38.6 Å². The molecule has 2 heterocycles. The summed E-state index contributed by atoms with van der Waals surface area (Å²) in [6.07, 6.45) is -3.01. The van der Waals surface area contributed by atoms with E-state index in [1.807, 2.05) is 0 Å². The van der Waals surface area contributed by atoms with Crippen LogP contribution < -0.4 is 4.90 Å². The molecule has 1 atom stereocenters. The van der Waals surface area contributed by atoms with Crippen molar-refractivity contribution in [2.45, 2.75) is 25.6 Å². The van der Waals surface area contributed by atoms with Crippen molar-refractivity contribution in [2.75, 3.05) is 44.3 Å². The van der Waals surface area contributed by atoms with E-state index in [4.69, 9.17) is 9.84 Å². The van der Waals surface area contributed by atoms with Crippen molar-refractivity contribution in [3.63, 3.8) is 0 Å². The number of amides is 1. The van der Waals surface area contributed by atoms with E-state index in [9.17, 15) is 18.0 Å². The molecule has 0 radical (unpaired) electrons. The summed E-state index contributed by atoms with van der Waals surface area (Å²) in [5, 5.41) is 8.85. The molecule has 0 aliphatic carbocycles. The zero-order chi connectivity index (χ0) is 18.4. The van der Waals surface area contributed by atoms with Gasteiger partial charge in [0.2, 0.25) is 11.9 Å². The minimum absolute atomic E-state index is 0.0573. The molecule has 0 saturated carbocycles. The largest absolute Gasteiger partial charge is 0.419 e. The van der Waals surface area contributed by atoms with Crippen LogP contribution in [0.1, 0.15) is 18.9 Å². The number of aliphatic hydroxyl groups is 1. The number of halogens is 3. The van der Waals surface area contributed by atoms with Crippen molar-refractivity contribution >= 4 is 11.9 Å². The Morgan fingerprint density at radius 2 is 1.88 bits per heavy atom. The maximum Gasteiger partial charge on any atom is 0.419 e. The molecule has 2 rings (SSSR count). The van der Waals surface area contributed by atoms with E-state index in [1.54, 1.807) is 16.7 Å². The highest BCUT2D eigenvalue weighted by molar-refractivity contribution is 5.76. The molecule has 1 fully saturated rings. The van der Waals surface area contributed by atoms with Crippen LogP contribution in [0.15, 0.2) is 12.4 Å². The Morgan fingerprint density at radius 3 is 2.40 bits per heavy atom. The van der Waals surface area contributed by atoms with E-state index in [1.165, 1.54) is 0 Å². The second-order valence-electron chi connectivity index (χ2n) is 5.75. The molecule has 1 aromatic heterocycles. The lowest BCUT2D eigenvalue weighted by Crippen LogP contribution is -2.49. The van der Waals surface area contributed by atoms with Crippen molar-refractivity contribution in [3.05, 3.63) is 18.0 Å². The molecular formula is C15H21F3N4O3. The first kappa shape index (κ1) is 19.4. The zero-order valence-electron chi connectivity index (χ0n) is 13.9. The summed E-state index contributed by atoms with van der Waals surface area (Å²) in [7, 11) is 0. The monoisotopic (exact) mass is 362 g/mol. The molecule has 1 aliphatic heterocycles. The van der Waals surface area contributed by atoms with Crippen LogP contribution in [-0.2, 0) is 15.7 Å². The molecule has 1 amide bonds. The van der Waals surface area contributed by atoms with E-state index in [-0.39, 0.29) is 37.6 Å². The van der Waals surface area contributed by atoms with Gasteiger partial charge in [-0.3, -0.25) is 4.79 Å². The molecule has 1 saturated heterocycles. The van der Waals surface area contributed by atoms with E-state index in [0.29, 0.717) is 26.2 Å². The number of aliphatic hydroxyl groups excluding tert-OH is 1. The number of hydrogen-bond acceptors (Lipinski definition) is 6. The average Bonchev–Trinajstić information content (AvgIpc) is 2.61. The number of piperazine rings is 1. The second kappa shape index (κ2) is 8.43. The smallest absolute Gasteiger partial charge is 0.394 e. The first-order valence-electron chi connectivity index (χ1n) is 7.95. The van der Waals surface area contributed by atoms with Gasteiger partial charge in [0.25, 0.3) is 0 Å². The third kappa shape index (κ3) is 5.53. The Labute approximate surface area is 143 Å². The summed E-state index contributed by atoms with van der Waals surface area (Å²) < 4.78 is 42.8. The number of aromatic nitrogens is 2. The lowest BCUT2D eigenvalue weighted by Gasteiger charge is -2.34. The number of nitrogens with zero attached hydrogens (tertiary/aromatic N) is 4. The molecular weight excluding hydrogens is 341 g/mol. The van der Waals surface area contributed by atoms with Gasteiger partial charge in [-0.05, 0) is 6.92 Å². The van der Waals surface area contributed by atoms with Crippen LogP contribution in [0.4, 0.5) is 19.1 Å². The molecule has 0 bridgehead atoms. The summed E-state index contributed by atoms with van der Waals surface area (Å²) in [6, 6.07) is 0. The number of anilines is 1. The third-order valence-corrected chi connectivity index (χ3v) is 3.86. The van der Waals surface area contributed by atoms with E-state index in [2.05, 4.69) is 9.97 Å². The minimum Gasteiger partial charge on any atom is -0.394 e. The molecule has 1 aromatic rings. The van der Waals surface area contributed by atoms with Crippen LogP contribution in [0.5, 0.6) is 0 Å². The van der Waals surface area contributed by atoms with Crippen molar-refractivity contribution in [1.82, 2.24) is 14.9 Å². The molecule has 140 valence electrons. The van der Waals surface area contributed by atoms with Gasteiger partial charge in [-0.25, -0.2) is 9.97 Å². The number of carbonyl (C=O) groups is 1. The molecule has 25 heavy (non-hydrogen) atoms. The molecule has 7 nitrogen and oxygen atoms in total. The van der Waals surface area contributed by atoms with Gasteiger partial charge in [0.15, 0.2) is 0 Å². The highest BCUT2D eigenvalue weighted by Crippen LogP contribution is 2.28. The number of ether oxygens (including phenoxy) is 1. The molecule has 0 spiro atoms. The maximum absolute atomic E-state index is 12.5. The van der Waals surface area contributed by atoms with Crippen LogP contribution >= 0.6 is 0 Å². The fourth-order valence-electron chi connectivity index (χ4n) is 2.34. The molecule has 1 aliphatic rings. The van der Waals surface area contributed by atoms with Gasteiger partial charge >= 0.3 is 6.18 Å². The van der Waals surface area contributed by atoms with Gasteiger partial charge in [-0.2, -0.15) is 13.2 Å². The second-order valence-corrected chi connectivity index (χ2v) is 5.75. The summed E-state index contributed by atoms with van der Waals surface area (Å²) in [6.45, 7) is 3.64. The fraction of sp³-hybridized carbons (Fsp3) is 0.667. The lowest BCUT2D eigenvalue weighted by atomic mass is 10.3. The van der Waals surface area contributed by atoms with Crippen molar-refractivity contribution in [1.29, 1.82) is 0 Å². The predicted molar refractivity (Wildman–Crippen MR) is 82.9 cm³/mol. The van der Waals surface area contributed by atoms with Gasteiger partial charge in [0.1, 0.15) is 0 Å². The third-order valence-electron chi connectivity index (χ3n) is 3.86. The quantitative estimate of drug-likeness (QED) is 0.811. The predicted octanol–water partition coefficient (Wildman–Crippen LogP) is 0.931. The number of hydrogen-bond donors (Lipinski definition) is 1.